The maximum Gasteiger partial charge on any atom is 0.0340 e. The van der Waals surface area contributed by atoms with Crippen molar-refractivity contribution in [3.05, 3.63) is 29.3 Å². The van der Waals surface area contributed by atoms with Crippen LogP contribution >= 0.6 is 0 Å². The van der Waals surface area contributed by atoms with E-state index in [0.717, 1.165) is 0 Å². The first-order valence-corrected chi connectivity index (χ1v) is 4.43. The third-order valence-electron chi connectivity index (χ3n) is 2.18. The maximum absolute atomic E-state index is 3.13. The molecule has 0 aliphatic heterocycles. The van der Waals surface area contributed by atoms with Crippen LogP contribution in [-0.4, -0.2) is 7.05 Å². The molecule has 0 radical (unpaired) electrons. The minimum Gasteiger partial charge on any atom is -0.388 e. The van der Waals surface area contributed by atoms with Gasteiger partial charge in [0.1, 0.15) is 0 Å². The molecule has 68 valence electrons. The summed E-state index contributed by atoms with van der Waals surface area (Å²) in [4.78, 5) is 0. The largest absolute Gasteiger partial charge is 0.388 e. The van der Waals surface area contributed by atoms with Crippen molar-refractivity contribution in [1.29, 1.82) is 0 Å². The van der Waals surface area contributed by atoms with Crippen LogP contribution in [0.2, 0.25) is 0 Å². The van der Waals surface area contributed by atoms with Gasteiger partial charge in [-0.2, -0.15) is 0 Å². The summed E-state index contributed by atoms with van der Waals surface area (Å²) in [5.74, 6) is 0.621. The van der Waals surface area contributed by atoms with Gasteiger partial charge in [0.15, 0.2) is 0 Å². The van der Waals surface area contributed by atoms with Crippen LogP contribution in [0, 0.1) is 6.92 Å². The molecule has 0 unspecified atom stereocenters. The van der Waals surface area contributed by atoms with Gasteiger partial charge in [-0.1, -0.05) is 19.9 Å². The fraction of sp³-hybridized carbons (Fsp3) is 0.455. The van der Waals surface area contributed by atoms with Gasteiger partial charge in [0, 0.05) is 14.2 Å². The van der Waals surface area contributed by atoms with Crippen molar-refractivity contribution < 1.29 is 1.43 Å². The Bertz CT molecular complexity index is 269. The second kappa shape index (κ2) is 3.61. The third-order valence-corrected chi connectivity index (χ3v) is 2.18. The fourth-order valence-electron chi connectivity index (χ4n) is 1.48. The first-order valence-electron chi connectivity index (χ1n) is 4.43. The van der Waals surface area contributed by atoms with E-state index in [1.807, 2.05) is 7.05 Å². The fourth-order valence-corrected chi connectivity index (χ4v) is 1.48. The molecule has 1 nitrogen and oxygen atoms in total. The number of anilines is 1. The van der Waals surface area contributed by atoms with Gasteiger partial charge in [-0.05, 0) is 36.1 Å². The van der Waals surface area contributed by atoms with E-state index in [4.69, 9.17) is 0 Å². The normalized spacial score (nSPS) is 10.4. The molecule has 12 heavy (non-hydrogen) atoms. The summed E-state index contributed by atoms with van der Waals surface area (Å²) < 4.78 is 0. The molecule has 0 aliphatic rings. The predicted molar refractivity (Wildman–Crippen MR) is 56.9 cm³/mol. The summed E-state index contributed by atoms with van der Waals surface area (Å²) in [5.41, 5.74) is 4.00. The van der Waals surface area contributed by atoms with Gasteiger partial charge in [0.25, 0.3) is 0 Å². The molecule has 0 aliphatic carbocycles. The van der Waals surface area contributed by atoms with Gasteiger partial charge >= 0.3 is 0 Å². The van der Waals surface area contributed by atoms with Gasteiger partial charge in [-0.25, -0.2) is 0 Å². The van der Waals surface area contributed by atoms with Crippen LogP contribution in [0.15, 0.2) is 18.2 Å². The third kappa shape index (κ3) is 1.79. The van der Waals surface area contributed by atoms with Crippen LogP contribution in [0.25, 0.3) is 0 Å². The van der Waals surface area contributed by atoms with E-state index in [1.165, 1.54) is 16.8 Å². The summed E-state index contributed by atoms with van der Waals surface area (Å²) in [5, 5.41) is 3.13. The topological polar surface area (TPSA) is 12.0 Å². The lowest BCUT2D eigenvalue weighted by Gasteiger charge is -2.10. The van der Waals surface area contributed by atoms with Crippen LogP contribution in [-0.2, 0) is 0 Å². The SMILES string of the molecule is CNc1ccc(C(C)C)c(C)c1.[HH]. The highest BCUT2D eigenvalue weighted by molar-refractivity contribution is 5.48. The molecule has 1 aromatic carbocycles. The quantitative estimate of drug-likeness (QED) is 0.708. The average Bonchev–Trinajstić information content (AvgIpc) is 2.03. The molecule has 0 amide bonds. The van der Waals surface area contributed by atoms with Crippen molar-refractivity contribution in [3.8, 4) is 0 Å². The number of rotatable bonds is 2. The van der Waals surface area contributed by atoms with Gasteiger partial charge in [0.2, 0.25) is 0 Å². The monoisotopic (exact) mass is 165 g/mol. The molecule has 0 saturated carbocycles. The van der Waals surface area contributed by atoms with Gasteiger partial charge in [0.05, 0.1) is 0 Å². The number of aryl methyl sites for hydroxylation is 1. The van der Waals surface area contributed by atoms with E-state index in [1.54, 1.807) is 0 Å². The van der Waals surface area contributed by atoms with E-state index in [0.29, 0.717) is 5.92 Å². The predicted octanol–water partition coefficient (Wildman–Crippen LogP) is 3.41. The van der Waals surface area contributed by atoms with E-state index >= 15 is 0 Å². The van der Waals surface area contributed by atoms with E-state index < -0.39 is 0 Å². The van der Waals surface area contributed by atoms with Crippen molar-refractivity contribution in [2.24, 2.45) is 0 Å². The molecule has 0 saturated heterocycles. The van der Waals surface area contributed by atoms with E-state index in [2.05, 4.69) is 44.3 Å². The Balaban J connectivity index is 0.00000144. The van der Waals surface area contributed by atoms with E-state index in [-0.39, 0.29) is 1.43 Å². The Kier molecular flexibility index (Phi) is 2.74. The standard InChI is InChI=1S/C11H17N.H2/c1-8(2)11-6-5-10(12-4)7-9(11)3;/h5-8,12H,1-4H3;1H. The molecule has 0 bridgehead atoms. The van der Waals surface area contributed by atoms with Crippen molar-refractivity contribution in [2.45, 2.75) is 26.7 Å². The second-order valence-corrected chi connectivity index (χ2v) is 3.48. The molecule has 1 N–H and O–H groups in total. The first kappa shape index (κ1) is 9.11. The average molecular weight is 165 g/mol. The molecular formula is C11H19N. The molecule has 0 atom stereocenters. The molecular weight excluding hydrogens is 146 g/mol. The number of benzene rings is 1. The first-order chi connectivity index (χ1) is 5.65. The lowest BCUT2D eigenvalue weighted by atomic mass is 9.98. The minimum absolute atomic E-state index is 0. The van der Waals surface area contributed by atoms with Crippen molar-refractivity contribution >= 4 is 5.69 Å². The Hall–Kier alpha value is -0.980. The smallest absolute Gasteiger partial charge is 0.0340 e. The van der Waals surface area contributed by atoms with Gasteiger partial charge in [-0.15, -0.1) is 0 Å². The zero-order valence-electron chi connectivity index (χ0n) is 8.31. The summed E-state index contributed by atoms with van der Waals surface area (Å²) in [7, 11) is 1.95. The summed E-state index contributed by atoms with van der Waals surface area (Å²) in [6, 6.07) is 6.52. The Morgan fingerprint density at radius 2 is 2.00 bits per heavy atom. The Morgan fingerprint density at radius 1 is 1.33 bits per heavy atom. The minimum atomic E-state index is 0. The van der Waals surface area contributed by atoms with Gasteiger partial charge < -0.3 is 5.32 Å². The van der Waals surface area contributed by atoms with Crippen LogP contribution in [0.4, 0.5) is 5.69 Å². The highest BCUT2D eigenvalue weighted by Crippen LogP contribution is 2.21. The number of hydrogen-bond acceptors (Lipinski definition) is 1. The van der Waals surface area contributed by atoms with Crippen molar-refractivity contribution in [2.75, 3.05) is 12.4 Å². The zero-order chi connectivity index (χ0) is 9.14. The summed E-state index contributed by atoms with van der Waals surface area (Å²) in [6.45, 7) is 6.61. The number of hydrogen-bond donors (Lipinski definition) is 1. The molecule has 1 rings (SSSR count). The Labute approximate surface area is 76.3 Å². The van der Waals surface area contributed by atoms with Crippen molar-refractivity contribution in [1.82, 2.24) is 0 Å². The molecule has 0 spiro atoms. The van der Waals surface area contributed by atoms with Crippen LogP contribution in [0.3, 0.4) is 0 Å². The second-order valence-electron chi connectivity index (χ2n) is 3.48. The summed E-state index contributed by atoms with van der Waals surface area (Å²) >= 11 is 0. The summed E-state index contributed by atoms with van der Waals surface area (Å²) in [6.07, 6.45) is 0. The van der Waals surface area contributed by atoms with Crippen LogP contribution in [0.5, 0.6) is 0 Å². The Morgan fingerprint density at radius 3 is 2.42 bits per heavy atom. The molecule has 0 heterocycles. The van der Waals surface area contributed by atoms with E-state index in [9.17, 15) is 0 Å². The molecule has 0 fully saturated rings. The lowest BCUT2D eigenvalue weighted by molar-refractivity contribution is 0.857. The molecule has 1 heteroatoms. The zero-order valence-corrected chi connectivity index (χ0v) is 8.31. The molecule has 1 aromatic rings. The van der Waals surface area contributed by atoms with Crippen molar-refractivity contribution in [3.63, 3.8) is 0 Å². The molecule has 0 aromatic heterocycles. The maximum atomic E-state index is 3.13. The number of nitrogens with one attached hydrogen (secondary N) is 1. The van der Waals surface area contributed by atoms with Gasteiger partial charge in [-0.3, -0.25) is 0 Å². The van der Waals surface area contributed by atoms with Crippen LogP contribution in [0.1, 0.15) is 32.3 Å². The van der Waals surface area contributed by atoms with Crippen LogP contribution < -0.4 is 5.32 Å². The highest BCUT2D eigenvalue weighted by atomic mass is 14.8. The highest BCUT2D eigenvalue weighted by Gasteiger charge is 2.02. The lowest BCUT2D eigenvalue weighted by Crippen LogP contribution is -1.94.